The van der Waals surface area contributed by atoms with Crippen LogP contribution < -0.4 is 10.1 Å². The Hall–Kier alpha value is -1.03. The van der Waals surface area contributed by atoms with Gasteiger partial charge in [0.15, 0.2) is 0 Å². The fourth-order valence-corrected chi connectivity index (χ4v) is 2.89. The van der Waals surface area contributed by atoms with Gasteiger partial charge in [-0.05, 0) is 30.2 Å². The molecule has 2 aromatic rings. The van der Waals surface area contributed by atoms with E-state index in [-0.39, 0.29) is 0 Å². The van der Waals surface area contributed by atoms with Gasteiger partial charge < -0.3 is 10.1 Å². The summed E-state index contributed by atoms with van der Waals surface area (Å²) in [6.07, 6.45) is 0.997. The summed E-state index contributed by atoms with van der Waals surface area (Å²) in [5, 5.41) is 3.35. The molecule has 1 heterocycles. The predicted octanol–water partition coefficient (Wildman–Crippen LogP) is 4.13. The molecule has 1 N–H and O–H groups in total. The van der Waals surface area contributed by atoms with Crippen molar-refractivity contribution in [3.63, 3.8) is 0 Å². The maximum Gasteiger partial charge on any atom is 0.122 e. The van der Waals surface area contributed by atoms with E-state index in [1.807, 2.05) is 30.3 Å². The molecule has 2 rings (SSSR count). The van der Waals surface area contributed by atoms with Gasteiger partial charge in [-0.3, -0.25) is 0 Å². The van der Waals surface area contributed by atoms with Crippen LogP contribution in [0.4, 0.5) is 0 Å². The van der Waals surface area contributed by atoms with Gasteiger partial charge in [-0.1, -0.05) is 36.7 Å². The third-order valence-electron chi connectivity index (χ3n) is 2.82. The summed E-state index contributed by atoms with van der Waals surface area (Å²) in [6.45, 7) is 4.49. The first-order valence-corrected chi connectivity index (χ1v) is 7.64. The van der Waals surface area contributed by atoms with Gasteiger partial charge in [0.1, 0.15) is 12.4 Å². The van der Waals surface area contributed by atoms with Crippen LogP contribution in [-0.2, 0) is 13.0 Å². The Kier molecular flexibility index (Phi) is 5.70. The molecule has 0 bridgehead atoms. The van der Waals surface area contributed by atoms with E-state index < -0.39 is 0 Å². The van der Waals surface area contributed by atoms with Gasteiger partial charge in [-0.2, -0.15) is 0 Å². The number of aryl methyl sites for hydroxylation is 1. The molecular formula is C15H18ClNOS. The second-order valence-corrected chi connectivity index (χ2v) is 5.99. The molecule has 0 atom stereocenters. The normalized spacial score (nSPS) is 10.6. The molecule has 1 aromatic heterocycles. The van der Waals surface area contributed by atoms with E-state index in [4.69, 9.17) is 16.3 Å². The van der Waals surface area contributed by atoms with Crippen molar-refractivity contribution >= 4 is 22.9 Å². The predicted molar refractivity (Wildman–Crippen MR) is 82.4 cm³/mol. The molecule has 2 nitrogen and oxygen atoms in total. The number of thiophene rings is 1. The van der Waals surface area contributed by atoms with E-state index in [0.29, 0.717) is 6.61 Å². The molecule has 0 amide bonds. The molecule has 0 fully saturated rings. The molecule has 1 aromatic carbocycles. The lowest BCUT2D eigenvalue weighted by molar-refractivity contribution is 0.311. The van der Waals surface area contributed by atoms with Crippen molar-refractivity contribution in [1.29, 1.82) is 0 Å². The third-order valence-corrected chi connectivity index (χ3v) is 4.05. The fraction of sp³-hybridized carbons (Fsp3) is 0.333. The molecule has 102 valence electrons. The van der Waals surface area contributed by atoms with Gasteiger partial charge in [0.05, 0.1) is 4.34 Å². The van der Waals surface area contributed by atoms with Crippen LogP contribution >= 0.6 is 22.9 Å². The third kappa shape index (κ3) is 4.53. The Labute approximate surface area is 123 Å². The molecule has 0 saturated heterocycles. The Morgan fingerprint density at radius 3 is 2.79 bits per heavy atom. The van der Waals surface area contributed by atoms with E-state index in [0.717, 1.165) is 29.6 Å². The summed E-state index contributed by atoms with van der Waals surface area (Å²) >= 11 is 7.49. The van der Waals surface area contributed by atoms with E-state index >= 15 is 0 Å². The second-order valence-electron chi connectivity index (χ2n) is 4.19. The lowest BCUT2D eigenvalue weighted by Gasteiger charge is -2.10. The van der Waals surface area contributed by atoms with Crippen molar-refractivity contribution < 1.29 is 4.74 Å². The van der Waals surface area contributed by atoms with Gasteiger partial charge >= 0.3 is 0 Å². The van der Waals surface area contributed by atoms with Crippen molar-refractivity contribution in [2.24, 2.45) is 0 Å². The Morgan fingerprint density at radius 2 is 2.05 bits per heavy atom. The highest BCUT2D eigenvalue weighted by atomic mass is 35.5. The second kappa shape index (κ2) is 7.53. The Morgan fingerprint density at radius 1 is 1.21 bits per heavy atom. The van der Waals surface area contributed by atoms with Crippen molar-refractivity contribution in [2.45, 2.75) is 19.9 Å². The summed E-state index contributed by atoms with van der Waals surface area (Å²) in [6, 6.07) is 12.2. The van der Waals surface area contributed by atoms with Crippen LogP contribution in [0.2, 0.25) is 4.34 Å². The highest BCUT2D eigenvalue weighted by molar-refractivity contribution is 7.16. The molecule has 0 spiro atoms. The van der Waals surface area contributed by atoms with Crippen LogP contribution in [0.3, 0.4) is 0 Å². The van der Waals surface area contributed by atoms with Gasteiger partial charge in [0, 0.05) is 18.0 Å². The number of hydrogen-bond acceptors (Lipinski definition) is 3. The first-order valence-electron chi connectivity index (χ1n) is 6.45. The molecule has 0 unspecified atom stereocenters. The lowest BCUT2D eigenvalue weighted by atomic mass is 10.1. The van der Waals surface area contributed by atoms with Crippen LogP contribution in [-0.4, -0.2) is 13.2 Å². The van der Waals surface area contributed by atoms with Gasteiger partial charge in [-0.15, -0.1) is 11.3 Å². The topological polar surface area (TPSA) is 21.3 Å². The number of para-hydroxylation sites is 1. The number of hydrogen-bond donors (Lipinski definition) is 1. The highest BCUT2D eigenvalue weighted by Gasteiger charge is 2.00. The Bertz CT molecular complexity index is 512. The van der Waals surface area contributed by atoms with E-state index in [2.05, 4.69) is 18.3 Å². The molecule has 0 saturated carbocycles. The van der Waals surface area contributed by atoms with Crippen molar-refractivity contribution in [3.05, 3.63) is 51.2 Å². The van der Waals surface area contributed by atoms with E-state index in [1.165, 1.54) is 10.4 Å². The first kappa shape index (κ1) is 14.4. The van der Waals surface area contributed by atoms with Gasteiger partial charge in [0.2, 0.25) is 0 Å². The van der Waals surface area contributed by atoms with Gasteiger partial charge in [-0.25, -0.2) is 0 Å². The summed E-state index contributed by atoms with van der Waals surface area (Å²) < 4.78 is 6.62. The summed E-state index contributed by atoms with van der Waals surface area (Å²) in [4.78, 5) is 1.25. The zero-order chi connectivity index (χ0) is 13.5. The number of nitrogens with one attached hydrogen (secondary N) is 1. The minimum atomic E-state index is 0.677. The summed E-state index contributed by atoms with van der Waals surface area (Å²) in [5.41, 5.74) is 1.26. The summed E-state index contributed by atoms with van der Waals surface area (Å²) in [7, 11) is 0. The zero-order valence-electron chi connectivity index (χ0n) is 11.0. The SMILES string of the molecule is CCc1ccccc1OCCNCc1ccc(Cl)s1. The lowest BCUT2D eigenvalue weighted by Crippen LogP contribution is -2.20. The fourth-order valence-electron chi connectivity index (χ4n) is 1.83. The van der Waals surface area contributed by atoms with Crippen LogP contribution in [0.1, 0.15) is 17.4 Å². The average molecular weight is 296 g/mol. The molecule has 4 heteroatoms. The maximum absolute atomic E-state index is 5.88. The number of rotatable bonds is 7. The van der Waals surface area contributed by atoms with Crippen LogP contribution in [0.15, 0.2) is 36.4 Å². The quantitative estimate of drug-likeness (QED) is 0.776. The van der Waals surface area contributed by atoms with Crippen LogP contribution in [0.5, 0.6) is 5.75 Å². The molecule has 19 heavy (non-hydrogen) atoms. The minimum Gasteiger partial charge on any atom is -0.492 e. The highest BCUT2D eigenvalue weighted by Crippen LogP contribution is 2.21. The molecule has 0 aliphatic heterocycles. The largest absolute Gasteiger partial charge is 0.492 e. The standard InChI is InChI=1S/C15H18ClNOS/c1-2-12-5-3-4-6-14(12)18-10-9-17-11-13-7-8-15(16)19-13/h3-8,17H,2,9-11H2,1H3. The maximum atomic E-state index is 5.88. The monoisotopic (exact) mass is 295 g/mol. The van der Waals surface area contributed by atoms with E-state index in [1.54, 1.807) is 11.3 Å². The van der Waals surface area contributed by atoms with Crippen molar-refractivity contribution in [2.75, 3.05) is 13.2 Å². The van der Waals surface area contributed by atoms with Crippen molar-refractivity contribution in [3.8, 4) is 5.75 Å². The van der Waals surface area contributed by atoms with Crippen LogP contribution in [0, 0.1) is 0 Å². The first-order chi connectivity index (χ1) is 9.29. The minimum absolute atomic E-state index is 0.677. The average Bonchev–Trinajstić information content (AvgIpc) is 2.84. The van der Waals surface area contributed by atoms with Gasteiger partial charge in [0.25, 0.3) is 0 Å². The molecule has 0 aliphatic rings. The number of halogens is 1. The zero-order valence-corrected chi connectivity index (χ0v) is 12.6. The van der Waals surface area contributed by atoms with Crippen LogP contribution in [0.25, 0.3) is 0 Å². The molecule has 0 radical (unpaired) electrons. The summed E-state index contributed by atoms with van der Waals surface area (Å²) in [5.74, 6) is 0.992. The smallest absolute Gasteiger partial charge is 0.122 e. The van der Waals surface area contributed by atoms with E-state index in [9.17, 15) is 0 Å². The van der Waals surface area contributed by atoms with Crippen molar-refractivity contribution in [1.82, 2.24) is 5.32 Å². The Balaban J connectivity index is 1.69. The molecular weight excluding hydrogens is 278 g/mol. The number of ether oxygens (including phenoxy) is 1. The molecule has 0 aliphatic carbocycles. The number of benzene rings is 1.